The Morgan fingerprint density at radius 1 is 1.05 bits per heavy atom. The normalized spacial score (nSPS) is 17.1. The van der Waals surface area contributed by atoms with Crippen molar-refractivity contribution in [2.45, 2.75) is 23.1 Å². The summed E-state index contributed by atoms with van der Waals surface area (Å²) in [6.45, 7) is 3.77. The van der Waals surface area contributed by atoms with Crippen LogP contribution in [0.4, 0.5) is 0 Å². The molecule has 2 aromatic carbocycles. The molecular formula is C18H22N2S. The van der Waals surface area contributed by atoms with E-state index in [4.69, 9.17) is 5.73 Å². The van der Waals surface area contributed by atoms with Gasteiger partial charge in [0, 0.05) is 36.3 Å². The Morgan fingerprint density at radius 3 is 2.57 bits per heavy atom. The molecule has 0 radical (unpaired) electrons. The zero-order chi connectivity index (χ0) is 14.5. The summed E-state index contributed by atoms with van der Waals surface area (Å²) in [5.41, 5.74) is 8.66. The third-order valence-corrected chi connectivity index (χ3v) is 5.17. The summed E-state index contributed by atoms with van der Waals surface area (Å²) in [5.74, 6) is 0. The zero-order valence-electron chi connectivity index (χ0n) is 12.2. The number of rotatable bonds is 6. The Balaban J connectivity index is 1.61. The van der Waals surface area contributed by atoms with Crippen molar-refractivity contribution in [1.82, 2.24) is 4.90 Å². The molecule has 1 aliphatic rings. The first-order chi connectivity index (χ1) is 10.3. The highest BCUT2D eigenvalue weighted by atomic mass is 32.2. The first kappa shape index (κ1) is 14.6. The van der Waals surface area contributed by atoms with Crippen LogP contribution in [-0.2, 0) is 13.0 Å². The van der Waals surface area contributed by atoms with Gasteiger partial charge in [0.1, 0.15) is 0 Å². The molecule has 110 valence electrons. The maximum absolute atomic E-state index is 5.79. The van der Waals surface area contributed by atoms with Gasteiger partial charge in [-0.15, -0.1) is 11.8 Å². The monoisotopic (exact) mass is 298 g/mol. The minimum absolute atomic E-state index is 0.651. The highest BCUT2D eigenvalue weighted by Crippen LogP contribution is 2.37. The van der Waals surface area contributed by atoms with Crippen LogP contribution in [0.3, 0.4) is 0 Å². The minimum atomic E-state index is 0.651. The highest BCUT2D eigenvalue weighted by Gasteiger charge is 2.23. The first-order valence-corrected chi connectivity index (χ1v) is 8.44. The van der Waals surface area contributed by atoms with Gasteiger partial charge in [0.05, 0.1) is 0 Å². The SMILES string of the molecule is NCCN(Cc1ccccc1)CC1Cc2ccccc2S1. The summed E-state index contributed by atoms with van der Waals surface area (Å²) in [6.07, 6.45) is 1.18. The second-order valence-corrected chi connectivity index (χ2v) is 6.90. The molecular weight excluding hydrogens is 276 g/mol. The van der Waals surface area contributed by atoms with Gasteiger partial charge in [0.15, 0.2) is 0 Å². The van der Waals surface area contributed by atoms with Crippen LogP contribution in [0.25, 0.3) is 0 Å². The Morgan fingerprint density at radius 2 is 1.81 bits per heavy atom. The predicted octanol–water partition coefficient (Wildman–Crippen LogP) is 3.16. The number of nitrogens with zero attached hydrogens (tertiary/aromatic N) is 1. The van der Waals surface area contributed by atoms with E-state index in [0.717, 1.165) is 26.2 Å². The molecule has 3 rings (SSSR count). The molecule has 1 heterocycles. The quantitative estimate of drug-likeness (QED) is 0.888. The van der Waals surface area contributed by atoms with Gasteiger partial charge >= 0.3 is 0 Å². The fourth-order valence-electron chi connectivity index (χ4n) is 2.90. The van der Waals surface area contributed by atoms with E-state index in [0.29, 0.717) is 5.25 Å². The van der Waals surface area contributed by atoms with Crippen molar-refractivity contribution in [3.05, 3.63) is 65.7 Å². The predicted molar refractivity (Wildman–Crippen MR) is 90.6 cm³/mol. The second-order valence-electron chi connectivity index (χ2n) is 5.56. The molecule has 0 saturated heterocycles. The smallest absolute Gasteiger partial charge is 0.0263 e. The Kier molecular flexibility index (Phi) is 4.96. The van der Waals surface area contributed by atoms with Crippen LogP contribution in [0, 0.1) is 0 Å². The molecule has 2 nitrogen and oxygen atoms in total. The van der Waals surface area contributed by atoms with Crippen molar-refractivity contribution < 1.29 is 0 Å². The topological polar surface area (TPSA) is 29.3 Å². The number of hydrogen-bond donors (Lipinski definition) is 1. The average Bonchev–Trinajstić information content (AvgIpc) is 2.90. The maximum atomic E-state index is 5.79. The Labute approximate surface area is 131 Å². The summed E-state index contributed by atoms with van der Waals surface area (Å²) < 4.78 is 0. The van der Waals surface area contributed by atoms with Crippen molar-refractivity contribution in [2.24, 2.45) is 5.73 Å². The van der Waals surface area contributed by atoms with Gasteiger partial charge in [-0.05, 0) is 23.6 Å². The van der Waals surface area contributed by atoms with Crippen molar-refractivity contribution in [2.75, 3.05) is 19.6 Å². The third-order valence-electron chi connectivity index (χ3n) is 3.87. The van der Waals surface area contributed by atoms with Gasteiger partial charge < -0.3 is 5.73 Å². The largest absolute Gasteiger partial charge is 0.329 e. The van der Waals surface area contributed by atoms with Gasteiger partial charge in [-0.1, -0.05) is 48.5 Å². The van der Waals surface area contributed by atoms with E-state index in [1.165, 1.54) is 22.4 Å². The maximum Gasteiger partial charge on any atom is 0.0263 e. The van der Waals surface area contributed by atoms with Gasteiger partial charge in [-0.2, -0.15) is 0 Å². The van der Waals surface area contributed by atoms with E-state index in [2.05, 4.69) is 59.5 Å². The molecule has 21 heavy (non-hydrogen) atoms. The number of nitrogens with two attached hydrogens (primary N) is 1. The van der Waals surface area contributed by atoms with Crippen molar-refractivity contribution >= 4 is 11.8 Å². The van der Waals surface area contributed by atoms with Crippen LogP contribution in [-0.4, -0.2) is 29.8 Å². The van der Waals surface area contributed by atoms with E-state index in [1.54, 1.807) is 0 Å². The Bertz CT molecular complexity index is 545. The molecule has 0 aromatic heterocycles. The van der Waals surface area contributed by atoms with Crippen molar-refractivity contribution in [3.8, 4) is 0 Å². The molecule has 1 unspecified atom stereocenters. The van der Waals surface area contributed by atoms with Crippen LogP contribution in [0.1, 0.15) is 11.1 Å². The molecule has 1 aliphatic heterocycles. The Hall–Kier alpha value is -1.29. The lowest BCUT2D eigenvalue weighted by molar-refractivity contribution is 0.274. The number of benzene rings is 2. The summed E-state index contributed by atoms with van der Waals surface area (Å²) >= 11 is 2.02. The first-order valence-electron chi connectivity index (χ1n) is 7.56. The van der Waals surface area contributed by atoms with E-state index >= 15 is 0 Å². The molecule has 1 atom stereocenters. The van der Waals surface area contributed by atoms with Crippen molar-refractivity contribution in [3.63, 3.8) is 0 Å². The number of hydrogen-bond acceptors (Lipinski definition) is 3. The lowest BCUT2D eigenvalue weighted by Gasteiger charge is -2.24. The fraction of sp³-hybridized carbons (Fsp3) is 0.333. The molecule has 0 saturated carbocycles. The lowest BCUT2D eigenvalue weighted by Crippen LogP contribution is -2.34. The summed E-state index contributed by atoms with van der Waals surface area (Å²) in [5, 5.41) is 0.651. The zero-order valence-corrected chi connectivity index (χ0v) is 13.1. The number of thioether (sulfide) groups is 1. The van der Waals surface area contributed by atoms with Gasteiger partial charge in [0.2, 0.25) is 0 Å². The summed E-state index contributed by atoms with van der Waals surface area (Å²) in [6, 6.07) is 19.4. The molecule has 0 aliphatic carbocycles. The lowest BCUT2D eigenvalue weighted by atomic mass is 10.1. The number of fused-ring (bicyclic) bond motifs is 1. The molecule has 0 fully saturated rings. The molecule has 3 heteroatoms. The molecule has 0 spiro atoms. The van der Waals surface area contributed by atoms with E-state index in [9.17, 15) is 0 Å². The average molecular weight is 298 g/mol. The standard InChI is InChI=1S/C18H22N2S/c19-10-11-20(13-15-6-2-1-3-7-15)14-17-12-16-8-4-5-9-18(16)21-17/h1-9,17H,10-14,19H2. The van der Waals surface area contributed by atoms with Crippen LogP contribution in [0.2, 0.25) is 0 Å². The second kappa shape index (κ2) is 7.12. The van der Waals surface area contributed by atoms with E-state index in [-0.39, 0.29) is 0 Å². The van der Waals surface area contributed by atoms with E-state index < -0.39 is 0 Å². The van der Waals surface area contributed by atoms with Crippen LogP contribution < -0.4 is 5.73 Å². The fourth-order valence-corrected chi connectivity index (χ4v) is 4.27. The van der Waals surface area contributed by atoms with Crippen molar-refractivity contribution in [1.29, 1.82) is 0 Å². The van der Waals surface area contributed by atoms with Crippen LogP contribution in [0.15, 0.2) is 59.5 Å². The van der Waals surface area contributed by atoms with Gasteiger partial charge in [-0.3, -0.25) is 4.90 Å². The third kappa shape index (κ3) is 3.88. The van der Waals surface area contributed by atoms with Crippen LogP contribution >= 0.6 is 11.8 Å². The minimum Gasteiger partial charge on any atom is -0.329 e. The van der Waals surface area contributed by atoms with Gasteiger partial charge in [-0.25, -0.2) is 0 Å². The molecule has 0 amide bonds. The van der Waals surface area contributed by atoms with E-state index in [1.807, 2.05) is 11.8 Å². The van der Waals surface area contributed by atoms with Gasteiger partial charge in [0.25, 0.3) is 0 Å². The highest BCUT2D eigenvalue weighted by molar-refractivity contribution is 8.00. The summed E-state index contributed by atoms with van der Waals surface area (Å²) in [4.78, 5) is 3.94. The molecule has 2 aromatic rings. The van der Waals surface area contributed by atoms with Crippen LogP contribution in [0.5, 0.6) is 0 Å². The summed E-state index contributed by atoms with van der Waals surface area (Å²) in [7, 11) is 0. The molecule has 2 N–H and O–H groups in total. The molecule has 0 bridgehead atoms.